The number of rotatable bonds is 24. The molecule has 7 aromatic carbocycles. The predicted molar refractivity (Wildman–Crippen MR) is 501 cm³/mol. The summed E-state index contributed by atoms with van der Waals surface area (Å²) in [7, 11) is 6.69. The van der Waals surface area contributed by atoms with Gasteiger partial charge in [-0.2, -0.15) is 11.8 Å². The third-order valence-corrected chi connectivity index (χ3v) is 24.4. The molecule has 9 rings (SSSR count). The number of phenolic OH excluding ortho intramolecular Hbond substituents is 2. The number of hydrogen-bond donors (Lipinski definition) is 14. The summed E-state index contributed by atoms with van der Waals surface area (Å²) in [5, 5.41) is 44.4. The van der Waals surface area contributed by atoms with Crippen LogP contribution in [0.25, 0.3) is 21.7 Å². The number of carbonyl (C=O) groups excluding carboxylic acids is 16. The number of aromatic amines is 1. The average molecular weight is 1850 g/mol. The van der Waals surface area contributed by atoms with Gasteiger partial charge in [-0.15, -0.1) is 0 Å². The molecule has 0 radical (unpaired) electrons. The molecule has 0 unspecified atom stereocenters. The number of aromatic hydroxyl groups is 2. The van der Waals surface area contributed by atoms with E-state index < -0.39 is 199 Å². The number of primary amides is 2. The highest BCUT2D eigenvalue weighted by Gasteiger charge is 2.42. The first-order chi connectivity index (χ1) is 63.5. The van der Waals surface area contributed by atoms with Crippen LogP contribution in [-0.2, 0) is 115 Å². The van der Waals surface area contributed by atoms with Crippen LogP contribution in [0.15, 0.2) is 182 Å². The van der Waals surface area contributed by atoms with Crippen molar-refractivity contribution in [3.8, 4) is 11.5 Å². The van der Waals surface area contributed by atoms with Crippen LogP contribution in [0.1, 0.15) is 99.1 Å². The normalized spacial score (nSPS) is 21.7. The first-order valence-corrected chi connectivity index (χ1v) is 45.4. The minimum absolute atomic E-state index is 0.0131. The van der Waals surface area contributed by atoms with Gasteiger partial charge in [-0.05, 0) is 113 Å². The molecular formula is C97H121N17O18S. The van der Waals surface area contributed by atoms with Crippen molar-refractivity contribution in [1.82, 2.24) is 72.0 Å². The quantitative estimate of drug-likeness (QED) is 0.0413. The van der Waals surface area contributed by atoms with Gasteiger partial charge >= 0.3 is 0 Å². The lowest BCUT2D eigenvalue weighted by Gasteiger charge is -2.37. The Kier molecular flexibility index (Phi) is 38.5. The third-order valence-electron chi connectivity index (χ3n) is 23.3. The van der Waals surface area contributed by atoms with Gasteiger partial charge in [0.25, 0.3) is 0 Å². The van der Waals surface area contributed by atoms with Crippen LogP contribution >= 0.6 is 11.8 Å². The van der Waals surface area contributed by atoms with Crippen molar-refractivity contribution in [3.63, 3.8) is 0 Å². The van der Waals surface area contributed by atoms with Crippen LogP contribution in [0.2, 0.25) is 0 Å². The van der Waals surface area contributed by atoms with E-state index in [1.165, 1.54) is 93.6 Å². The number of aromatic nitrogens is 1. The Morgan fingerprint density at radius 3 is 1.57 bits per heavy atom. The Balaban J connectivity index is 1.12. The van der Waals surface area contributed by atoms with Crippen LogP contribution in [0.3, 0.4) is 0 Å². The van der Waals surface area contributed by atoms with E-state index in [2.05, 4.69) is 47.5 Å². The topological polar surface area (TPSA) is 520 Å². The molecule has 133 heavy (non-hydrogen) atoms. The molecule has 0 aliphatic carbocycles. The van der Waals surface area contributed by atoms with Gasteiger partial charge in [-0.25, -0.2) is 0 Å². The van der Waals surface area contributed by atoms with E-state index in [1.54, 1.807) is 111 Å². The number of nitrogens with one attached hydrogen (secondary N) is 9. The maximum atomic E-state index is 15.8. The molecule has 0 saturated carbocycles. The summed E-state index contributed by atoms with van der Waals surface area (Å²) in [6.07, 6.45) is 0.0445. The van der Waals surface area contributed by atoms with Crippen molar-refractivity contribution >= 4 is 128 Å². The number of thioether (sulfide) groups is 1. The number of unbranched alkanes of at least 4 members (excludes halogenated alkanes) is 1. The highest BCUT2D eigenvalue weighted by atomic mass is 32.2. The number of nitrogens with zero attached hydrogens (tertiary/aromatic N) is 5. The van der Waals surface area contributed by atoms with E-state index in [0.29, 0.717) is 57.1 Å². The van der Waals surface area contributed by atoms with Gasteiger partial charge in [0.05, 0.1) is 31.8 Å². The Morgan fingerprint density at radius 1 is 0.466 bits per heavy atom. The van der Waals surface area contributed by atoms with E-state index in [9.17, 15) is 48.6 Å². The van der Waals surface area contributed by atoms with E-state index in [1.807, 2.05) is 43.3 Å². The molecule has 1 aliphatic rings. The second-order valence-corrected chi connectivity index (χ2v) is 35.0. The van der Waals surface area contributed by atoms with Crippen LogP contribution in [-0.4, -0.2) is 267 Å². The number of likely N-dealkylation sites (N-methyl/N-ethyl adjacent to an activating group) is 5. The van der Waals surface area contributed by atoms with Gasteiger partial charge in [0.2, 0.25) is 88.6 Å². The molecule has 11 atom stereocenters. The van der Waals surface area contributed by atoms with Gasteiger partial charge in [-0.1, -0.05) is 179 Å². The molecule has 1 fully saturated rings. The van der Waals surface area contributed by atoms with E-state index in [4.69, 9.17) is 17.2 Å². The van der Waals surface area contributed by atoms with Crippen molar-refractivity contribution in [1.29, 1.82) is 0 Å². The van der Waals surface area contributed by atoms with Crippen LogP contribution in [0.5, 0.6) is 11.5 Å². The largest absolute Gasteiger partial charge is 0.508 e. The van der Waals surface area contributed by atoms with Gasteiger partial charge in [0.1, 0.15) is 77.7 Å². The second-order valence-electron chi connectivity index (χ2n) is 34.0. The van der Waals surface area contributed by atoms with E-state index in [0.717, 1.165) is 37.2 Å². The highest BCUT2D eigenvalue weighted by molar-refractivity contribution is 8.00. The molecule has 0 bridgehead atoms. The zero-order valence-corrected chi connectivity index (χ0v) is 76.8. The number of fused-ring (bicyclic) bond motifs is 2. The summed E-state index contributed by atoms with van der Waals surface area (Å²) in [5.74, 6) is -17.1. The number of H-pyrrole nitrogens is 1. The molecule has 1 saturated heterocycles. The number of hydrogen-bond acceptors (Lipinski definition) is 20. The maximum absolute atomic E-state index is 15.8. The lowest BCUT2D eigenvalue weighted by atomic mass is 9.91. The molecule has 2 heterocycles. The zero-order valence-electron chi connectivity index (χ0n) is 76.0. The summed E-state index contributed by atoms with van der Waals surface area (Å²) in [4.78, 5) is 245. The molecule has 1 aliphatic heterocycles. The summed E-state index contributed by atoms with van der Waals surface area (Å²) >= 11 is 0.881. The van der Waals surface area contributed by atoms with E-state index >= 15 is 38.4 Å². The molecule has 0 spiro atoms. The van der Waals surface area contributed by atoms with Crippen LogP contribution in [0.4, 0.5) is 0 Å². The number of carbonyl (C=O) groups is 16. The number of ketones is 1. The molecule has 35 nitrogen and oxygen atoms in total. The standard InChI is InChI=1S/C97H121N17O18S/c1-9-10-31-79-95(130)111(5)55-85(121)104-76(51-82(99)118)91(126)109-86(58(2)3)97(132)113(7)80(47-60-24-15-12-16-25-60)92(127)107-77(46-62-35-40-69(116)41-36-62)94(129)110(4)54-84(120)103-75(50-67-52-101-72-29-20-19-28-71(67)72)90(125)106-74(45-61-33-38-68(115)39-34-61)89(124)105-73(30-21-42-98)88(123)108-78(87(122)102-53-83(100)119)57-133-56-70(117)49-66(43-59-22-13-11-14-23-59)93(128)114(8)81(96(131)112(79)6)48-63-32-37-64-26-17-18-27-65(64)44-63/h11-20,22-29,32-41,44,52,58,66,73-81,86,101,115-116H,9-10,21,30-31,42-43,45-51,53-57,98H2,1-8H3,(H2,99,118)(H2,100,119)(H,102,122)(H,103,120)(H,104,121)(H,105,124)(H,106,125)(H,107,127)(H,108,123)(H,109,126)/t66-,73+,74+,75+,76+,77+,78+,79+,80+,81+,86+/m1/s1. The smallest absolute Gasteiger partial charge is 0.246 e. The minimum Gasteiger partial charge on any atom is -0.508 e. The number of para-hydroxylation sites is 1. The zero-order chi connectivity index (χ0) is 96.7. The maximum Gasteiger partial charge on any atom is 0.246 e. The summed E-state index contributed by atoms with van der Waals surface area (Å²) in [6.45, 7) is 2.78. The monoisotopic (exact) mass is 1840 g/mol. The van der Waals surface area contributed by atoms with Crippen LogP contribution < -0.4 is 59.7 Å². The fourth-order valence-electron chi connectivity index (χ4n) is 15.9. The Bertz CT molecular complexity index is 5430. The highest BCUT2D eigenvalue weighted by Crippen LogP contribution is 2.27. The van der Waals surface area contributed by atoms with Crippen molar-refractivity contribution in [2.45, 2.75) is 165 Å². The molecule has 36 heteroatoms. The SMILES string of the molecule is CCCC[C@H]1C(=O)N(C)CC(=O)N[C@@H](CC(N)=O)C(=O)N[C@@H](C(C)C)C(=O)N(C)[C@@H](Cc2ccccc2)C(=O)N[C@@H](Cc2ccc(O)cc2)C(=O)N(C)CC(=O)N[C@@H](Cc2c[nH]c3ccccc23)C(=O)N[C@@H](Cc2ccc(O)cc2)C(=O)N[C@@H](CCCN)C(=O)N[C@H](C(=O)NCC(N)=O)CSCC(=O)C[C@@H](Cc2ccccc2)C(=O)N(C)[C@@H](Cc2ccc3ccccc3c2)C(=O)N1C. The lowest BCUT2D eigenvalue weighted by molar-refractivity contribution is -0.151. The van der Waals surface area contributed by atoms with Crippen molar-refractivity contribution in [2.24, 2.45) is 29.0 Å². The fraction of sp³-hybridized carbons (Fsp3) is 0.402. The fourth-order valence-corrected chi connectivity index (χ4v) is 16.8. The molecule has 8 aromatic rings. The van der Waals surface area contributed by atoms with Crippen molar-refractivity contribution < 1.29 is 86.9 Å². The first kappa shape index (κ1) is 103. The predicted octanol–water partition coefficient (Wildman–Crippen LogP) is 2.66. The number of phenols is 2. The molecule has 15 amide bonds. The second kappa shape index (κ2) is 49.8. The number of nitrogens with two attached hydrogens (primary N) is 3. The molecular weight excluding hydrogens is 1720 g/mol. The Morgan fingerprint density at radius 2 is 0.970 bits per heavy atom. The molecule has 708 valence electrons. The van der Waals surface area contributed by atoms with Gasteiger partial charge in [-0.3, -0.25) is 76.7 Å². The Hall–Kier alpha value is -14.0. The third kappa shape index (κ3) is 30.3. The Labute approximate surface area is 776 Å². The van der Waals surface area contributed by atoms with Gasteiger partial charge in [0, 0.05) is 103 Å². The summed E-state index contributed by atoms with van der Waals surface area (Å²) in [5.41, 5.74) is 21.0. The summed E-state index contributed by atoms with van der Waals surface area (Å²) < 4.78 is 0. The van der Waals surface area contributed by atoms with Crippen LogP contribution in [0, 0.1) is 11.8 Å². The molecule has 1 aromatic heterocycles. The van der Waals surface area contributed by atoms with Crippen molar-refractivity contribution in [3.05, 3.63) is 216 Å². The number of amides is 15. The van der Waals surface area contributed by atoms with Gasteiger partial charge in [0.15, 0.2) is 0 Å². The number of benzene rings is 7. The lowest BCUT2D eigenvalue weighted by Crippen LogP contribution is -2.61. The summed E-state index contributed by atoms with van der Waals surface area (Å²) in [6, 6.07) is 33.4. The first-order valence-electron chi connectivity index (χ1n) is 44.2. The molecule has 17 N–H and O–H groups in total. The van der Waals surface area contributed by atoms with Crippen molar-refractivity contribution in [2.75, 3.05) is 72.9 Å². The minimum atomic E-state index is -1.79. The van der Waals surface area contributed by atoms with Gasteiger partial charge < -0.3 is 99.4 Å². The van der Waals surface area contributed by atoms with E-state index in [-0.39, 0.29) is 87.3 Å². The average Bonchev–Trinajstić information content (AvgIpc) is 1.72. The number of Topliss-reactive ketones (excluding diaryl/α,β-unsaturated/α-hetero) is 1.